The molecule has 1 fully saturated rings. The Morgan fingerprint density at radius 3 is 2.41 bits per heavy atom. The molecule has 0 radical (unpaired) electrons. The highest BCUT2D eigenvalue weighted by Crippen LogP contribution is 2.33. The normalized spacial score (nSPS) is 25.1. The molecule has 5 atom stereocenters. The van der Waals surface area contributed by atoms with Gasteiger partial charge in [-0.1, -0.05) is 0 Å². The van der Waals surface area contributed by atoms with E-state index >= 15 is 0 Å². The number of nitrogens with zero attached hydrogens (tertiary/aromatic N) is 2. The van der Waals surface area contributed by atoms with Gasteiger partial charge in [-0.2, -0.15) is 13.4 Å². The van der Waals surface area contributed by atoms with Crippen LogP contribution in [0.4, 0.5) is 0 Å². The van der Waals surface area contributed by atoms with E-state index in [2.05, 4.69) is 4.99 Å². The van der Waals surface area contributed by atoms with Crippen LogP contribution in [0.25, 0.3) is 10.9 Å². The van der Waals surface area contributed by atoms with Crippen molar-refractivity contribution in [3.05, 3.63) is 29.5 Å². The number of aliphatic hydroxyl groups is 2. The van der Waals surface area contributed by atoms with Crippen LogP contribution in [0.5, 0.6) is 5.75 Å². The summed E-state index contributed by atoms with van der Waals surface area (Å²) in [5, 5.41) is 30.2. The number of ether oxygens (including phenoxy) is 2. The number of hydrogen-bond acceptors (Lipinski definition) is 9. The molecule has 7 N–H and O–H groups in total. The minimum atomic E-state index is -4.16. The lowest BCUT2D eigenvalue weighted by molar-refractivity contribution is -0.264. The second-order valence-corrected chi connectivity index (χ2v) is 9.28. The van der Waals surface area contributed by atoms with E-state index in [1.54, 1.807) is 24.6 Å². The molecule has 1 saturated heterocycles. The number of guanidine groups is 1. The highest BCUT2D eigenvalue weighted by molar-refractivity contribution is 7.86. The summed E-state index contributed by atoms with van der Waals surface area (Å²) >= 11 is 0. The van der Waals surface area contributed by atoms with Gasteiger partial charge in [-0.3, -0.25) is 8.98 Å². The molecule has 1 aliphatic heterocycles. The number of fused-ring (bicyclic) bond motifs is 1. The summed E-state index contributed by atoms with van der Waals surface area (Å²) in [5.41, 5.74) is 11.8. The van der Waals surface area contributed by atoms with Crippen LogP contribution >= 0.6 is 0 Å². The first-order valence-corrected chi connectivity index (χ1v) is 11.5. The van der Waals surface area contributed by atoms with Crippen LogP contribution in [0, 0.1) is 6.92 Å². The molecule has 1 aromatic carbocycles. The van der Waals surface area contributed by atoms with Gasteiger partial charge in [0.2, 0.25) is 6.29 Å². The van der Waals surface area contributed by atoms with Crippen molar-refractivity contribution in [1.29, 1.82) is 0 Å². The second-order valence-electron chi connectivity index (χ2n) is 7.68. The predicted octanol–water partition coefficient (Wildman–Crippen LogP) is -1.84. The standard InChI is InChI=1S/C19H24N4O10S/c1-7-8-6-10(16(26)22-19(20)21)23(2)9(8)4-5-11(7)31-18-15(33-34(3,29)30)13(25)12(24)14(32-18)17(27)28/h4-6,12-15,18,24-25H,1-3H3,(H,27,28)(H4,20,21,22,26)/t12-,13-,14-,15+,18?/m0/s1. The maximum Gasteiger partial charge on any atom is 0.335 e. The van der Waals surface area contributed by atoms with Gasteiger partial charge in [0.1, 0.15) is 23.7 Å². The van der Waals surface area contributed by atoms with E-state index < -0.39 is 58.7 Å². The summed E-state index contributed by atoms with van der Waals surface area (Å²) in [6, 6.07) is 4.57. The maximum atomic E-state index is 12.3. The molecule has 1 amide bonds. The predicted molar refractivity (Wildman–Crippen MR) is 116 cm³/mol. The summed E-state index contributed by atoms with van der Waals surface area (Å²) in [6.07, 6.45) is -8.64. The molecule has 1 unspecified atom stereocenters. The first-order chi connectivity index (χ1) is 15.7. The van der Waals surface area contributed by atoms with Crippen LogP contribution in [0.3, 0.4) is 0 Å². The molecule has 0 saturated carbocycles. The van der Waals surface area contributed by atoms with Crippen molar-refractivity contribution in [1.82, 2.24) is 4.57 Å². The van der Waals surface area contributed by atoms with E-state index in [9.17, 15) is 33.3 Å². The van der Waals surface area contributed by atoms with Crippen LogP contribution < -0.4 is 16.2 Å². The van der Waals surface area contributed by atoms with Crippen LogP contribution in [-0.4, -0.2) is 83.1 Å². The largest absolute Gasteiger partial charge is 0.479 e. The quantitative estimate of drug-likeness (QED) is 0.167. The van der Waals surface area contributed by atoms with E-state index in [-0.39, 0.29) is 11.4 Å². The number of rotatable bonds is 6. The topological polar surface area (TPSA) is 226 Å². The zero-order valence-electron chi connectivity index (χ0n) is 18.3. The molecule has 1 aromatic heterocycles. The third kappa shape index (κ3) is 4.97. The zero-order valence-corrected chi connectivity index (χ0v) is 19.1. The van der Waals surface area contributed by atoms with Crippen LogP contribution in [0.2, 0.25) is 0 Å². The van der Waals surface area contributed by atoms with Crippen molar-refractivity contribution in [3.8, 4) is 5.75 Å². The van der Waals surface area contributed by atoms with Gasteiger partial charge in [0.25, 0.3) is 16.0 Å². The van der Waals surface area contributed by atoms with E-state index in [0.29, 0.717) is 22.7 Å². The average molecular weight is 500 g/mol. The smallest absolute Gasteiger partial charge is 0.335 e. The average Bonchev–Trinajstić information content (AvgIpc) is 3.05. The number of nitrogens with two attached hydrogens (primary N) is 2. The molecule has 14 nitrogen and oxygen atoms in total. The van der Waals surface area contributed by atoms with Gasteiger partial charge in [0, 0.05) is 23.5 Å². The summed E-state index contributed by atoms with van der Waals surface area (Å²) in [7, 11) is -2.54. The Kier molecular flexibility index (Phi) is 6.86. The lowest BCUT2D eigenvalue weighted by Crippen LogP contribution is -2.62. The van der Waals surface area contributed by atoms with Gasteiger partial charge < -0.3 is 40.8 Å². The van der Waals surface area contributed by atoms with E-state index in [1.807, 2.05) is 0 Å². The Balaban J connectivity index is 2.02. The SMILES string of the molecule is Cc1c(OC2O[C@H](C(=O)O)[C@@H](O)[C@H](O)[C@H]2OS(C)(=O)=O)ccc2c1cc(C(=O)N=C(N)N)n2C. The van der Waals surface area contributed by atoms with Gasteiger partial charge in [0.05, 0.1) is 6.26 Å². The number of carbonyl (C=O) groups excluding carboxylic acids is 1. The number of aliphatic imine (C=N–C) groups is 1. The highest BCUT2D eigenvalue weighted by Gasteiger charge is 2.51. The molecule has 0 aliphatic carbocycles. The molecule has 3 rings (SSSR count). The maximum absolute atomic E-state index is 12.3. The molecular formula is C19H24N4O10S. The minimum Gasteiger partial charge on any atom is -0.479 e. The third-order valence-electron chi connectivity index (χ3n) is 5.21. The Labute approximate surface area is 193 Å². The Morgan fingerprint density at radius 2 is 1.85 bits per heavy atom. The molecule has 0 bridgehead atoms. The van der Waals surface area contributed by atoms with Crippen molar-refractivity contribution in [3.63, 3.8) is 0 Å². The number of aliphatic carboxylic acids is 1. The fourth-order valence-electron chi connectivity index (χ4n) is 3.60. The van der Waals surface area contributed by atoms with E-state index in [0.717, 1.165) is 0 Å². The van der Waals surface area contributed by atoms with Gasteiger partial charge in [-0.15, -0.1) is 0 Å². The highest BCUT2D eigenvalue weighted by atomic mass is 32.2. The molecule has 1 aliphatic rings. The Bertz CT molecular complexity index is 1270. The van der Waals surface area contributed by atoms with Gasteiger partial charge >= 0.3 is 5.97 Å². The molecule has 0 spiro atoms. The summed E-state index contributed by atoms with van der Waals surface area (Å²) in [5.74, 6) is -2.58. The van der Waals surface area contributed by atoms with Gasteiger partial charge in [0.15, 0.2) is 18.2 Å². The fraction of sp³-hybridized carbons (Fsp3) is 0.421. The second kappa shape index (κ2) is 9.19. The van der Waals surface area contributed by atoms with Crippen molar-refractivity contribution in [2.45, 2.75) is 37.6 Å². The lowest BCUT2D eigenvalue weighted by atomic mass is 9.99. The molecule has 34 heavy (non-hydrogen) atoms. The Hall–Kier alpha value is -3.24. The molecular weight excluding hydrogens is 476 g/mol. The number of hydrogen-bond donors (Lipinski definition) is 5. The number of aryl methyl sites for hydroxylation is 2. The monoisotopic (exact) mass is 500 g/mol. The van der Waals surface area contributed by atoms with Crippen molar-refractivity contribution in [2.24, 2.45) is 23.5 Å². The number of aliphatic hydroxyl groups excluding tert-OH is 2. The molecule has 186 valence electrons. The summed E-state index contributed by atoms with van der Waals surface area (Å²) in [4.78, 5) is 27.3. The molecule has 2 heterocycles. The number of carbonyl (C=O) groups is 2. The summed E-state index contributed by atoms with van der Waals surface area (Å²) < 4.78 is 40.7. The number of amides is 1. The third-order valence-corrected chi connectivity index (χ3v) is 5.79. The first-order valence-electron chi connectivity index (χ1n) is 9.73. The Morgan fingerprint density at radius 1 is 1.21 bits per heavy atom. The number of carboxylic acid groups (broad SMARTS) is 1. The zero-order chi connectivity index (χ0) is 25.5. The van der Waals surface area contributed by atoms with Crippen LogP contribution in [-0.2, 0) is 30.9 Å². The number of carboxylic acids is 1. The number of benzene rings is 1. The van der Waals surface area contributed by atoms with Gasteiger partial charge in [-0.05, 0) is 25.1 Å². The fourth-order valence-corrected chi connectivity index (χ4v) is 4.21. The van der Waals surface area contributed by atoms with Crippen molar-refractivity contribution >= 4 is 38.9 Å². The van der Waals surface area contributed by atoms with Crippen LogP contribution in [0.15, 0.2) is 23.2 Å². The van der Waals surface area contributed by atoms with Crippen LogP contribution in [0.1, 0.15) is 16.1 Å². The minimum absolute atomic E-state index is 0.110. The molecule has 2 aromatic rings. The van der Waals surface area contributed by atoms with Crippen molar-refractivity contribution < 1.29 is 47.0 Å². The number of aromatic nitrogens is 1. The van der Waals surface area contributed by atoms with E-state index in [4.69, 9.17) is 25.1 Å². The first kappa shape index (κ1) is 25.4. The van der Waals surface area contributed by atoms with Crippen molar-refractivity contribution in [2.75, 3.05) is 6.26 Å². The van der Waals surface area contributed by atoms with E-state index in [1.165, 1.54) is 12.1 Å². The molecule has 15 heteroatoms. The lowest BCUT2D eigenvalue weighted by Gasteiger charge is -2.40. The van der Waals surface area contributed by atoms with Gasteiger partial charge in [-0.25, -0.2) is 4.79 Å². The summed E-state index contributed by atoms with van der Waals surface area (Å²) in [6.45, 7) is 1.63.